The zero-order valence-electron chi connectivity index (χ0n) is 32.9. The number of amides is 6. The van der Waals surface area contributed by atoms with E-state index in [0.29, 0.717) is 77.5 Å². The third-order valence-corrected chi connectivity index (χ3v) is 10.5. The third-order valence-electron chi connectivity index (χ3n) is 10.5. The van der Waals surface area contributed by atoms with Gasteiger partial charge in [0.1, 0.15) is 24.2 Å². The molecule has 1 aromatic carbocycles. The third kappa shape index (κ3) is 13.7. The van der Waals surface area contributed by atoms with Crippen LogP contribution in [0.4, 0.5) is 5.69 Å². The number of nitrogens with one attached hydrogen (secondary N) is 4. The fraction of sp³-hybridized carbons (Fsp3) is 0.667. The smallest absolute Gasteiger partial charge is 0.246 e. The fourth-order valence-electron chi connectivity index (χ4n) is 7.28. The largest absolute Gasteiger partial charge is 0.370 e. The minimum Gasteiger partial charge on any atom is -0.370 e. The maximum Gasteiger partial charge on any atom is 0.246 e. The van der Waals surface area contributed by atoms with Gasteiger partial charge in [0, 0.05) is 51.4 Å². The molecule has 0 radical (unpaired) electrons. The molecule has 1 unspecified atom stereocenters. The van der Waals surface area contributed by atoms with E-state index in [1.165, 1.54) is 21.1 Å². The number of nitrogens with zero attached hydrogens (tertiary/aromatic N) is 4. The first-order chi connectivity index (χ1) is 27.0. The number of carbonyl (C=O) groups is 6. The average molecular weight is 782 g/mol. The molecule has 3 aliphatic heterocycles. The molecule has 0 spiro atoms. The van der Waals surface area contributed by atoms with Gasteiger partial charge in [0.25, 0.3) is 0 Å². The van der Waals surface area contributed by atoms with Crippen molar-refractivity contribution in [3.8, 4) is 0 Å². The van der Waals surface area contributed by atoms with Gasteiger partial charge < -0.3 is 53.2 Å². The molecule has 0 saturated carbocycles. The van der Waals surface area contributed by atoms with Crippen molar-refractivity contribution < 1.29 is 28.8 Å². The number of anilines is 1. The Morgan fingerprint density at radius 1 is 0.786 bits per heavy atom. The fourth-order valence-corrected chi connectivity index (χ4v) is 7.28. The molecule has 3 fully saturated rings. The second kappa shape index (κ2) is 22.6. The van der Waals surface area contributed by atoms with Gasteiger partial charge in [0.05, 0.1) is 6.54 Å². The molecule has 0 aromatic heterocycles. The molecular formula is C39H63N11O6. The second-order valence-corrected chi connectivity index (χ2v) is 14.8. The number of aliphatic imine (C=N–C) groups is 1. The Balaban J connectivity index is 1.29. The number of carbonyl (C=O) groups excluding carboxylic acids is 6. The Morgan fingerprint density at radius 2 is 1.48 bits per heavy atom. The first kappa shape index (κ1) is 43.8. The summed E-state index contributed by atoms with van der Waals surface area (Å²) in [4.78, 5) is 89.1. The number of likely N-dealkylation sites (tertiary alicyclic amines) is 2. The Kier molecular flexibility index (Phi) is 17.7. The van der Waals surface area contributed by atoms with Gasteiger partial charge in [-0.2, -0.15) is 0 Å². The van der Waals surface area contributed by atoms with Crippen LogP contribution in [0, 0.1) is 0 Å². The average Bonchev–Trinajstić information content (AvgIpc) is 3.70. The molecule has 3 heterocycles. The van der Waals surface area contributed by atoms with Gasteiger partial charge in [-0.1, -0.05) is 19.1 Å². The predicted molar refractivity (Wildman–Crippen MR) is 214 cm³/mol. The van der Waals surface area contributed by atoms with Gasteiger partial charge in [-0.15, -0.1) is 0 Å². The molecule has 17 heteroatoms. The Morgan fingerprint density at radius 3 is 2.16 bits per heavy atom. The van der Waals surface area contributed by atoms with E-state index in [4.69, 9.17) is 17.2 Å². The Labute approximate surface area is 330 Å². The van der Waals surface area contributed by atoms with Gasteiger partial charge in [-0.25, -0.2) is 0 Å². The molecule has 56 heavy (non-hydrogen) atoms. The first-order valence-electron chi connectivity index (χ1n) is 20.4. The molecule has 3 aliphatic rings. The van der Waals surface area contributed by atoms with Crippen LogP contribution < -0.4 is 43.4 Å². The van der Waals surface area contributed by atoms with Crippen LogP contribution in [-0.4, -0.2) is 128 Å². The summed E-state index contributed by atoms with van der Waals surface area (Å²) < 4.78 is 0. The highest BCUT2D eigenvalue weighted by atomic mass is 16.2. The Bertz CT molecular complexity index is 1510. The van der Waals surface area contributed by atoms with Crippen molar-refractivity contribution in [1.29, 1.82) is 0 Å². The highest BCUT2D eigenvalue weighted by Crippen LogP contribution is 2.26. The molecule has 3 saturated heterocycles. The van der Waals surface area contributed by atoms with Gasteiger partial charge >= 0.3 is 0 Å². The quantitative estimate of drug-likeness (QED) is 0.0328. The first-order valence-corrected chi connectivity index (χ1v) is 20.4. The lowest BCUT2D eigenvalue weighted by atomic mass is 10.0. The molecule has 1 aromatic rings. The monoisotopic (exact) mass is 781 g/mol. The van der Waals surface area contributed by atoms with Crippen LogP contribution >= 0.6 is 0 Å². The van der Waals surface area contributed by atoms with Crippen LogP contribution in [0.15, 0.2) is 29.3 Å². The van der Waals surface area contributed by atoms with Gasteiger partial charge in [-0.05, 0) is 101 Å². The lowest BCUT2D eigenvalue weighted by molar-refractivity contribution is -0.148. The van der Waals surface area contributed by atoms with E-state index < -0.39 is 41.9 Å². The maximum atomic E-state index is 14.2. The summed E-state index contributed by atoms with van der Waals surface area (Å²) >= 11 is 0. The standard InChI is InChI=1S/C39H63N11O6/c1-2-33(51)46-29(11-3-5-19-40)35(53)47-30(12-7-21-44-39(41)42)37(55)50-23-9-14-32(50)38(56)49-22-8-13-31(49)36(54)45-26-34(52)43-20-6-4-10-27-15-17-28(18-16-27)48-24-25-48/h15-18,29-32H,2-14,19-26,40H2,1H3,(H,43,52)(H,45,54)(H,46,51)(H,47,53)(H4,41,42,44)/t29-,30-,31-,32?/m0/s1. The van der Waals surface area contributed by atoms with Crippen LogP contribution in [0.25, 0.3) is 0 Å². The number of nitrogens with two attached hydrogens (primary N) is 3. The number of benzene rings is 1. The summed E-state index contributed by atoms with van der Waals surface area (Å²) in [7, 11) is 0. The van der Waals surface area contributed by atoms with E-state index in [1.54, 1.807) is 6.92 Å². The molecule has 17 nitrogen and oxygen atoms in total. The highest BCUT2D eigenvalue weighted by molar-refractivity contribution is 5.96. The highest BCUT2D eigenvalue weighted by Gasteiger charge is 2.43. The van der Waals surface area contributed by atoms with Crippen LogP contribution in [0.2, 0.25) is 0 Å². The van der Waals surface area contributed by atoms with Crippen molar-refractivity contribution in [2.75, 3.05) is 57.3 Å². The Hall–Kier alpha value is -4.93. The summed E-state index contributed by atoms with van der Waals surface area (Å²) in [5.41, 5.74) is 19.1. The molecule has 10 N–H and O–H groups in total. The zero-order chi connectivity index (χ0) is 40.5. The summed E-state index contributed by atoms with van der Waals surface area (Å²) in [5, 5.41) is 11.2. The number of unbranched alkanes of at least 4 members (excludes halogenated alkanes) is 2. The summed E-state index contributed by atoms with van der Waals surface area (Å²) in [6.45, 7) is 5.55. The topological polar surface area (TPSA) is 250 Å². The number of rotatable bonds is 23. The molecular weight excluding hydrogens is 718 g/mol. The molecule has 310 valence electrons. The molecule has 4 rings (SSSR count). The van der Waals surface area contributed by atoms with Crippen molar-refractivity contribution in [3.05, 3.63) is 29.8 Å². The van der Waals surface area contributed by atoms with Crippen LogP contribution in [0.5, 0.6) is 0 Å². The number of aryl methyl sites for hydroxylation is 1. The molecule has 6 amide bonds. The van der Waals surface area contributed by atoms with E-state index in [9.17, 15) is 28.8 Å². The zero-order valence-corrected chi connectivity index (χ0v) is 32.9. The van der Waals surface area contributed by atoms with E-state index in [2.05, 4.69) is 55.4 Å². The number of hydrogen-bond donors (Lipinski definition) is 7. The van der Waals surface area contributed by atoms with Crippen molar-refractivity contribution in [2.45, 2.75) is 115 Å². The minimum absolute atomic E-state index is 0.0933. The number of guanidine groups is 1. The molecule has 4 atom stereocenters. The SMILES string of the molecule is CCC(=O)N[C@@H](CCCCN)C(=O)N[C@@H](CCCN=C(N)N)C(=O)N1CCCC1C(=O)N1CCC[C@H]1C(=O)NCC(=O)NCCCCc1ccc(N2CC2)cc1. The van der Waals surface area contributed by atoms with Crippen molar-refractivity contribution in [1.82, 2.24) is 31.1 Å². The van der Waals surface area contributed by atoms with Crippen LogP contribution in [0.3, 0.4) is 0 Å². The minimum atomic E-state index is -1.01. The van der Waals surface area contributed by atoms with Crippen LogP contribution in [-0.2, 0) is 35.2 Å². The van der Waals surface area contributed by atoms with Crippen molar-refractivity contribution in [3.63, 3.8) is 0 Å². The predicted octanol–water partition coefficient (Wildman–Crippen LogP) is -0.394. The maximum absolute atomic E-state index is 14.2. The second-order valence-electron chi connectivity index (χ2n) is 14.8. The number of hydrogen-bond acceptors (Lipinski definition) is 9. The molecule has 0 aliphatic carbocycles. The van der Waals surface area contributed by atoms with Crippen molar-refractivity contribution in [2.24, 2.45) is 22.2 Å². The normalized spacial score (nSPS) is 18.5. The summed E-state index contributed by atoms with van der Waals surface area (Å²) in [6.07, 6.45) is 7.06. The van der Waals surface area contributed by atoms with Crippen LogP contribution in [0.1, 0.15) is 89.5 Å². The van der Waals surface area contributed by atoms with E-state index in [1.807, 2.05) is 0 Å². The van der Waals surface area contributed by atoms with Gasteiger partial charge in [0.2, 0.25) is 35.4 Å². The molecule has 0 bridgehead atoms. The van der Waals surface area contributed by atoms with Crippen molar-refractivity contribution >= 4 is 47.1 Å². The lowest BCUT2D eigenvalue weighted by Crippen LogP contribution is -2.58. The van der Waals surface area contributed by atoms with E-state index in [-0.39, 0.29) is 49.6 Å². The van der Waals surface area contributed by atoms with E-state index in [0.717, 1.165) is 32.4 Å². The van der Waals surface area contributed by atoms with E-state index >= 15 is 0 Å². The summed E-state index contributed by atoms with van der Waals surface area (Å²) in [6, 6.07) is 5.15. The van der Waals surface area contributed by atoms with Gasteiger partial charge in [-0.3, -0.25) is 33.8 Å². The lowest BCUT2D eigenvalue weighted by Gasteiger charge is -2.33. The van der Waals surface area contributed by atoms with Gasteiger partial charge in [0.15, 0.2) is 5.96 Å². The summed E-state index contributed by atoms with van der Waals surface area (Å²) in [5.74, 6) is -2.36.